The number of carbonyl (C=O) groups is 2. The fourth-order valence-corrected chi connectivity index (χ4v) is 1.71. The summed E-state index contributed by atoms with van der Waals surface area (Å²) in [5, 5.41) is 9.20. The van der Waals surface area contributed by atoms with Crippen LogP contribution in [0.4, 0.5) is 0 Å². The highest BCUT2D eigenvalue weighted by Gasteiger charge is 2.16. The van der Waals surface area contributed by atoms with Gasteiger partial charge in [-0.3, -0.25) is 4.98 Å². The molecular weight excluding hydrogens is 282 g/mol. The first kappa shape index (κ1) is 14.0. The van der Waals surface area contributed by atoms with Crippen molar-refractivity contribution in [3.8, 4) is 5.75 Å². The van der Waals surface area contributed by atoms with E-state index in [4.69, 9.17) is 21.4 Å². The highest BCUT2D eigenvalue weighted by atomic mass is 35.5. The Morgan fingerprint density at radius 3 is 2.65 bits per heavy atom. The summed E-state index contributed by atoms with van der Waals surface area (Å²) < 4.78 is 5.14. The third-order valence-corrected chi connectivity index (χ3v) is 2.91. The van der Waals surface area contributed by atoms with Gasteiger partial charge in [-0.15, -0.1) is 0 Å². The third-order valence-electron chi connectivity index (χ3n) is 2.59. The van der Waals surface area contributed by atoms with Crippen LogP contribution in [0.2, 0.25) is 5.02 Å². The molecule has 0 saturated carbocycles. The lowest BCUT2D eigenvalue weighted by Crippen LogP contribution is -2.13. The predicted molar refractivity (Wildman–Crippen MR) is 72.3 cm³/mol. The number of hydrogen-bond acceptors (Lipinski definition) is 4. The number of ether oxygens (including phenoxy) is 1. The van der Waals surface area contributed by atoms with Gasteiger partial charge in [-0.05, 0) is 25.1 Å². The van der Waals surface area contributed by atoms with Crippen molar-refractivity contribution in [3.63, 3.8) is 0 Å². The smallest absolute Gasteiger partial charge is 0.345 e. The molecule has 5 nitrogen and oxygen atoms in total. The molecule has 2 rings (SSSR count). The standard InChI is InChI=1S/C14H10ClNO4/c1-8-10(6-9(7-16-8)13(17)18)14(19)20-12-5-3-2-4-11(12)15/h2-7H,1H3,(H,17,18). The summed E-state index contributed by atoms with van der Waals surface area (Å²) in [4.78, 5) is 26.8. The van der Waals surface area contributed by atoms with Gasteiger partial charge in [0.25, 0.3) is 0 Å². The summed E-state index contributed by atoms with van der Waals surface area (Å²) in [5.74, 6) is -1.66. The normalized spacial score (nSPS) is 10.1. The number of benzene rings is 1. The first-order chi connectivity index (χ1) is 9.49. The van der Waals surface area contributed by atoms with Crippen molar-refractivity contribution >= 4 is 23.5 Å². The average molecular weight is 292 g/mol. The van der Waals surface area contributed by atoms with E-state index in [1.807, 2.05) is 0 Å². The molecule has 0 unspecified atom stereocenters. The lowest BCUT2D eigenvalue weighted by atomic mass is 10.1. The molecule has 0 aliphatic rings. The largest absolute Gasteiger partial charge is 0.478 e. The van der Waals surface area contributed by atoms with E-state index in [-0.39, 0.29) is 16.9 Å². The maximum absolute atomic E-state index is 12.0. The molecule has 102 valence electrons. The minimum atomic E-state index is -1.16. The first-order valence-corrected chi connectivity index (χ1v) is 6.03. The molecule has 0 saturated heterocycles. The molecule has 6 heteroatoms. The number of para-hydroxylation sites is 1. The fourth-order valence-electron chi connectivity index (χ4n) is 1.54. The Kier molecular flexibility index (Phi) is 4.00. The average Bonchev–Trinajstić information content (AvgIpc) is 2.41. The van der Waals surface area contributed by atoms with E-state index in [1.165, 1.54) is 12.3 Å². The van der Waals surface area contributed by atoms with Crippen molar-refractivity contribution in [2.45, 2.75) is 6.92 Å². The molecule has 0 aliphatic heterocycles. The van der Waals surface area contributed by atoms with Crippen LogP contribution < -0.4 is 4.74 Å². The van der Waals surface area contributed by atoms with Gasteiger partial charge >= 0.3 is 11.9 Å². The summed E-state index contributed by atoms with van der Waals surface area (Å²) in [6, 6.07) is 7.74. The molecule has 0 atom stereocenters. The first-order valence-electron chi connectivity index (χ1n) is 5.65. The van der Waals surface area contributed by atoms with Gasteiger partial charge in [-0.25, -0.2) is 9.59 Å². The summed E-state index contributed by atoms with van der Waals surface area (Å²) in [6.45, 7) is 1.59. The molecule has 0 aliphatic carbocycles. The van der Waals surface area contributed by atoms with Crippen molar-refractivity contribution in [1.29, 1.82) is 0 Å². The van der Waals surface area contributed by atoms with Crippen LogP contribution in [-0.4, -0.2) is 22.0 Å². The van der Waals surface area contributed by atoms with Gasteiger partial charge < -0.3 is 9.84 Å². The second-order valence-corrected chi connectivity index (χ2v) is 4.39. The lowest BCUT2D eigenvalue weighted by Gasteiger charge is -2.08. The SMILES string of the molecule is Cc1ncc(C(=O)O)cc1C(=O)Oc1ccccc1Cl. The molecule has 1 N–H and O–H groups in total. The Morgan fingerprint density at radius 1 is 1.30 bits per heavy atom. The number of halogens is 1. The Balaban J connectivity index is 2.32. The second kappa shape index (κ2) is 5.71. The van der Waals surface area contributed by atoms with Gasteiger partial charge in [-0.2, -0.15) is 0 Å². The Bertz CT molecular complexity index is 685. The number of hydrogen-bond donors (Lipinski definition) is 1. The van der Waals surface area contributed by atoms with Crippen LogP contribution in [0.1, 0.15) is 26.4 Å². The van der Waals surface area contributed by atoms with Crippen LogP contribution in [0.15, 0.2) is 36.5 Å². The number of aromatic nitrogens is 1. The van der Waals surface area contributed by atoms with Crippen molar-refractivity contribution < 1.29 is 19.4 Å². The van der Waals surface area contributed by atoms with Crippen LogP contribution >= 0.6 is 11.6 Å². The van der Waals surface area contributed by atoms with E-state index in [2.05, 4.69) is 4.98 Å². The van der Waals surface area contributed by atoms with Gasteiger partial charge in [0.1, 0.15) is 5.75 Å². The number of carbonyl (C=O) groups excluding carboxylic acids is 1. The molecule has 0 amide bonds. The molecule has 0 fully saturated rings. The molecule has 1 aromatic carbocycles. The van der Waals surface area contributed by atoms with E-state index in [0.717, 1.165) is 0 Å². The second-order valence-electron chi connectivity index (χ2n) is 3.98. The van der Waals surface area contributed by atoms with Crippen LogP contribution in [0.25, 0.3) is 0 Å². The maximum Gasteiger partial charge on any atom is 0.345 e. The van der Waals surface area contributed by atoms with Crippen molar-refractivity contribution in [3.05, 3.63) is 58.4 Å². The predicted octanol–water partition coefficient (Wildman–Crippen LogP) is 2.96. The zero-order valence-corrected chi connectivity index (χ0v) is 11.2. The van der Waals surface area contributed by atoms with Crippen LogP contribution in [0, 0.1) is 6.92 Å². The van der Waals surface area contributed by atoms with Crippen LogP contribution in [-0.2, 0) is 0 Å². The van der Waals surface area contributed by atoms with E-state index < -0.39 is 11.9 Å². The molecule has 0 radical (unpaired) electrons. The maximum atomic E-state index is 12.0. The van der Waals surface area contributed by atoms with E-state index in [9.17, 15) is 9.59 Å². The van der Waals surface area contributed by atoms with Gasteiger partial charge in [0.15, 0.2) is 0 Å². The van der Waals surface area contributed by atoms with Gasteiger partial charge in [0, 0.05) is 6.20 Å². The van der Waals surface area contributed by atoms with E-state index in [0.29, 0.717) is 10.7 Å². The number of pyridine rings is 1. The summed E-state index contributed by atoms with van der Waals surface area (Å²) in [7, 11) is 0. The summed E-state index contributed by atoms with van der Waals surface area (Å²) in [5.41, 5.74) is 0.388. The Hall–Kier alpha value is -2.40. The van der Waals surface area contributed by atoms with Gasteiger partial charge in [0.05, 0.1) is 21.8 Å². The molecule has 2 aromatic rings. The zero-order valence-electron chi connectivity index (χ0n) is 10.5. The zero-order chi connectivity index (χ0) is 14.7. The lowest BCUT2D eigenvalue weighted by molar-refractivity contribution is 0.0696. The number of nitrogens with zero attached hydrogens (tertiary/aromatic N) is 1. The minimum absolute atomic E-state index is 0.0818. The highest BCUT2D eigenvalue weighted by Crippen LogP contribution is 2.24. The van der Waals surface area contributed by atoms with Crippen LogP contribution in [0.3, 0.4) is 0 Å². The number of carboxylic acids is 1. The van der Waals surface area contributed by atoms with Crippen molar-refractivity contribution in [2.75, 3.05) is 0 Å². The van der Waals surface area contributed by atoms with Gasteiger partial charge in [-0.1, -0.05) is 23.7 Å². The summed E-state index contributed by atoms with van der Waals surface area (Å²) >= 11 is 5.89. The van der Waals surface area contributed by atoms with E-state index in [1.54, 1.807) is 31.2 Å². The minimum Gasteiger partial charge on any atom is -0.478 e. The number of esters is 1. The molecule has 1 heterocycles. The summed E-state index contributed by atoms with van der Waals surface area (Å²) in [6.07, 6.45) is 1.18. The van der Waals surface area contributed by atoms with Crippen molar-refractivity contribution in [2.24, 2.45) is 0 Å². The van der Waals surface area contributed by atoms with E-state index >= 15 is 0 Å². The molecule has 20 heavy (non-hydrogen) atoms. The third kappa shape index (κ3) is 2.95. The topological polar surface area (TPSA) is 76.5 Å². The highest BCUT2D eigenvalue weighted by molar-refractivity contribution is 6.32. The molecule has 0 bridgehead atoms. The number of rotatable bonds is 3. The molecule has 0 spiro atoms. The number of aryl methyl sites for hydroxylation is 1. The molecular formula is C14H10ClNO4. The molecule has 1 aromatic heterocycles. The monoisotopic (exact) mass is 291 g/mol. The Labute approximate surface area is 119 Å². The van der Waals surface area contributed by atoms with Gasteiger partial charge in [0.2, 0.25) is 0 Å². The van der Waals surface area contributed by atoms with Crippen molar-refractivity contribution in [1.82, 2.24) is 4.98 Å². The number of aromatic carboxylic acids is 1. The number of carboxylic acid groups (broad SMARTS) is 1. The van der Waals surface area contributed by atoms with Crippen LogP contribution in [0.5, 0.6) is 5.75 Å². The Morgan fingerprint density at radius 2 is 2.00 bits per heavy atom. The fraction of sp³-hybridized carbons (Fsp3) is 0.0714. The quantitative estimate of drug-likeness (QED) is 0.695.